The Bertz CT molecular complexity index is 519. The third-order valence-corrected chi connectivity index (χ3v) is 3.44. The van der Waals surface area contributed by atoms with Gasteiger partial charge in [0.2, 0.25) is 0 Å². The maximum atomic E-state index is 5.79. The van der Waals surface area contributed by atoms with Gasteiger partial charge in [-0.1, -0.05) is 15.9 Å². The molecule has 0 saturated carbocycles. The fraction of sp³-hybridized carbons (Fsp3) is 0.231. The number of aryl methyl sites for hydroxylation is 1. The Hall–Kier alpha value is -0.780. The number of benzene rings is 1. The lowest BCUT2D eigenvalue weighted by Crippen LogP contribution is -2.20. The molecule has 0 fully saturated rings. The zero-order chi connectivity index (χ0) is 13.1. The summed E-state index contributed by atoms with van der Waals surface area (Å²) in [6.45, 7) is 2.52. The van der Waals surface area contributed by atoms with Gasteiger partial charge in [-0.2, -0.15) is 0 Å². The quantitative estimate of drug-likeness (QED) is 0.843. The van der Waals surface area contributed by atoms with Crippen molar-refractivity contribution in [2.75, 3.05) is 11.9 Å². The van der Waals surface area contributed by atoms with Crippen LogP contribution in [0, 0.1) is 6.92 Å². The SMILES string of the molecule is Cc1cc(Br)cc(NC(CN)c2ccc(Br)o2)c1. The van der Waals surface area contributed by atoms with Crippen LogP contribution in [0.1, 0.15) is 17.4 Å². The molecule has 1 aromatic carbocycles. The number of hydrogen-bond acceptors (Lipinski definition) is 3. The van der Waals surface area contributed by atoms with Gasteiger partial charge in [0, 0.05) is 16.7 Å². The summed E-state index contributed by atoms with van der Waals surface area (Å²) in [5.41, 5.74) is 7.99. The summed E-state index contributed by atoms with van der Waals surface area (Å²) in [6, 6.07) is 9.90. The molecule has 0 spiro atoms. The topological polar surface area (TPSA) is 51.2 Å². The van der Waals surface area contributed by atoms with Crippen LogP contribution >= 0.6 is 31.9 Å². The van der Waals surface area contributed by atoms with Gasteiger partial charge in [0.15, 0.2) is 4.67 Å². The highest BCUT2D eigenvalue weighted by atomic mass is 79.9. The highest BCUT2D eigenvalue weighted by Gasteiger charge is 2.13. The van der Waals surface area contributed by atoms with Crippen molar-refractivity contribution in [3.05, 3.63) is 50.8 Å². The first-order valence-electron chi connectivity index (χ1n) is 5.57. The van der Waals surface area contributed by atoms with Gasteiger partial charge in [0.05, 0.1) is 6.04 Å². The van der Waals surface area contributed by atoms with Gasteiger partial charge in [-0.15, -0.1) is 0 Å². The monoisotopic (exact) mass is 372 g/mol. The number of nitrogens with two attached hydrogens (primary N) is 1. The molecule has 5 heteroatoms. The smallest absolute Gasteiger partial charge is 0.169 e. The molecule has 1 atom stereocenters. The highest BCUT2D eigenvalue weighted by molar-refractivity contribution is 9.10. The van der Waals surface area contributed by atoms with Crippen molar-refractivity contribution >= 4 is 37.5 Å². The molecule has 1 aromatic heterocycles. The van der Waals surface area contributed by atoms with Crippen molar-refractivity contribution in [3.63, 3.8) is 0 Å². The molecule has 3 N–H and O–H groups in total. The molecule has 2 aromatic rings. The predicted octanol–water partition coefficient (Wildman–Crippen LogP) is 4.22. The second-order valence-electron chi connectivity index (χ2n) is 4.09. The van der Waals surface area contributed by atoms with Gasteiger partial charge < -0.3 is 15.5 Å². The lowest BCUT2D eigenvalue weighted by atomic mass is 10.2. The third kappa shape index (κ3) is 3.37. The minimum absolute atomic E-state index is 0.0370. The Morgan fingerprint density at radius 1 is 1.28 bits per heavy atom. The fourth-order valence-electron chi connectivity index (χ4n) is 1.78. The molecule has 0 aliphatic heterocycles. The molecule has 18 heavy (non-hydrogen) atoms. The molecule has 3 nitrogen and oxygen atoms in total. The minimum Gasteiger partial charge on any atom is -0.452 e. The zero-order valence-electron chi connectivity index (χ0n) is 9.91. The van der Waals surface area contributed by atoms with Crippen LogP contribution in [0.4, 0.5) is 5.69 Å². The van der Waals surface area contributed by atoms with E-state index in [-0.39, 0.29) is 6.04 Å². The molecule has 1 heterocycles. The van der Waals surface area contributed by atoms with E-state index < -0.39 is 0 Å². The molecule has 96 valence electrons. The van der Waals surface area contributed by atoms with Crippen LogP contribution in [0.15, 0.2) is 43.9 Å². The van der Waals surface area contributed by atoms with E-state index in [0.717, 1.165) is 15.9 Å². The maximum Gasteiger partial charge on any atom is 0.169 e. The average molecular weight is 374 g/mol. The summed E-state index contributed by atoms with van der Waals surface area (Å²) in [5, 5.41) is 3.37. The Labute approximate surface area is 123 Å². The number of rotatable bonds is 4. The second-order valence-corrected chi connectivity index (χ2v) is 5.79. The van der Waals surface area contributed by atoms with E-state index in [1.54, 1.807) is 0 Å². The van der Waals surface area contributed by atoms with Crippen molar-refractivity contribution in [2.24, 2.45) is 5.73 Å². The first-order valence-corrected chi connectivity index (χ1v) is 7.16. The zero-order valence-corrected chi connectivity index (χ0v) is 13.1. The Morgan fingerprint density at radius 2 is 2.06 bits per heavy atom. The Balaban J connectivity index is 2.20. The fourth-order valence-corrected chi connectivity index (χ4v) is 2.71. The molecular weight excluding hydrogens is 360 g/mol. The van der Waals surface area contributed by atoms with Crippen LogP contribution in [0.3, 0.4) is 0 Å². The van der Waals surface area contributed by atoms with Crippen LogP contribution < -0.4 is 11.1 Å². The first kappa shape index (κ1) is 13.6. The van der Waals surface area contributed by atoms with Gasteiger partial charge >= 0.3 is 0 Å². The van der Waals surface area contributed by atoms with Crippen molar-refractivity contribution in [1.82, 2.24) is 0 Å². The van der Waals surface area contributed by atoms with E-state index in [0.29, 0.717) is 11.2 Å². The van der Waals surface area contributed by atoms with Crippen LogP contribution in [-0.4, -0.2) is 6.54 Å². The first-order chi connectivity index (χ1) is 8.58. The molecule has 0 aliphatic carbocycles. The van der Waals surface area contributed by atoms with Crippen molar-refractivity contribution in [1.29, 1.82) is 0 Å². The summed E-state index contributed by atoms with van der Waals surface area (Å²) in [6.07, 6.45) is 0. The van der Waals surface area contributed by atoms with E-state index in [2.05, 4.69) is 56.2 Å². The van der Waals surface area contributed by atoms with Crippen molar-refractivity contribution in [2.45, 2.75) is 13.0 Å². The lowest BCUT2D eigenvalue weighted by Gasteiger charge is -2.16. The van der Waals surface area contributed by atoms with Gasteiger partial charge in [-0.05, 0) is 58.7 Å². The summed E-state index contributed by atoms with van der Waals surface area (Å²) in [5.74, 6) is 0.821. The normalized spacial score (nSPS) is 12.4. The Morgan fingerprint density at radius 3 is 2.61 bits per heavy atom. The van der Waals surface area contributed by atoms with Gasteiger partial charge in [0.1, 0.15) is 5.76 Å². The van der Waals surface area contributed by atoms with E-state index in [9.17, 15) is 0 Å². The average Bonchev–Trinajstić information content (AvgIpc) is 2.71. The minimum atomic E-state index is -0.0370. The number of anilines is 1. The van der Waals surface area contributed by atoms with Crippen LogP contribution in [0.2, 0.25) is 0 Å². The van der Waals surface area contributed by atoms with E-state index in [1.165, 1.54) is 5.56 Å². The van der Waals surface area contributed by atoms with Gasteiger partial charge in [-0.3, -0.25) is 0 Å². The van der Waals surface area contributed by atoms with Crippen LogP contribution in [0.5, 0.6) is 0 Å². The summed E-state index contributed by atoms with van der Waals surface area (Å²) in [7, 11) is 0. The number of halogens is 2. The summed E-state index contributed by atoms with van der Waals surface area (Å²) >= 11 is 6.78. The van der Waals surface area contributed by atoms with E-state index in [1.807, 2.05) is 18.2 Å². The largest absolute Gasteiger partial charge is 0.452 e. The van der Waals surface area contributed by atoms with Crippen LogP contribution in [-0.2, 0) is 0 Å². The highest BCUT2D eigenvalue weighted by Crippen LogP contribution is 2.25. The van der Waals surface area contributed by atoms with E-state index in [4.69, 9.17) is 10.2 Å². The second kappa shape index (κ2) is 5.91. The molecule has 0 bridgehead atoms. The van der Waals surface area contributed by atoms with Crippen molar-refractivity contribution in [3.8, 4) is 0 Å². The molecule has 1 unspecified atom stereocenters. The standard InChI is InChI=1S/C13H14Br2N2O/c1-8-4-9(14)6-10(5-8)17-11(7-16)12-2-3-13(15)18-12/h2-6,11,17H,7,16H2,1H3. The summed E-state index contributed by atoms with van der Waals surface area (Å²) < 4.78 is 7.29. The van der Waals surface area contributed by atoms with Gasteiger partial charge in [-0.25, -0.2) is 0 Å². The summed E-state index contributed by atoms with van der Waals surface area (Å²) in [4.78, 5) is 0. The molecule has 0 saturated heterocycles. The number of furan rings is 1. The molecule has 0 amide bonds. The predicted molar refractivity (Wildman–Crippen MR) is 80.7 cm³/mol. The van der Waals surface area contributed by atoms with Gasteiger partial charge in [0.25, 0.3) is 0 Å². The molecular formula is C13H14Br2N2O. The number of nitrogens with one attached hydrogen (secondary N) is 1. The molecule has 0 aliphatic rings. The van der Waals surface area contributed by atoms with Crippen LogP contribution in [0.25, 0.3) is 0 Å². The lowest BCUT2D eigenvalue weighted by molar-refractivity contribution is 0.463. The maximum absolute atomic E-state index is 5.79. The molecule has 2 rings (SSSR count). The number of hydrogen-bond donors (Lipinski definition) is 2. The molecule has 0 radical (unpaired) electrons. The van der Waals surface area contributed by atoms with Crippen molar-refractivity contribution < 1.29 is 4.42 Å². The van der Waals surface area contributed by atoms with E-state index >= 15 is 0 Å². The third-order valence-electron chi connectivity index (χ3n) is 2.56. The Kier molecular flexibility index (Phi) is 4.48.